The Labute approximate surface area is 179 Å². The number of ketones is 1. The highest BCUT2D eigenvalue weighted by atomic mass is 35.5. The predicted molar refractivity (Wildman–Crippen MR) is 112 cm³/mol. The number of aromatic nitrogens is 1. The van der Waals surface area contributed by atoms with Crippen LogP contribution in [0.3, 0.4) is 0 Å². The van der Waals surface area contributed by atoms with Crippen molar-refractivity contribution >= 4 is 34.5 Å². The van der Waals surface area contributed by atoms with Crippen molar-refractivity contribution in [1.29, 1.82) is 0 Å². The van der Waals surface area contributed by atoms with Gasteiger partial charge in [-0.3, -0.25) is 9.59 Å². The highest BCUT2D eigenvalue weighted by Gasteiger charge is 2.31. The minimum atomic E-state index is -4.57. The van der Waals surface area contributed by atoms with Gasteiger partial charge in [0.05, 0.1) is 5.56 Å². The zero-order valence-corrected chi connectivity index (χ0v) is 16.5. The van der Waals surface area contributed by atoms with Crippen LogP contribution in [0.4, 0.5) is 18.9 Å². The number of carbonyl (C=O) groups is 2. The van der Waals surface area contributed by atoms with Gasteiger partial charge in [0.25, 0.3) is 11.7 Å². The first kappa shape index (κ1) is 20.7. The second-order valence-corrected chi connectivity index (χ2v) is 7.21. The quantitative estimate of drug-likeness (QED) is 0.306. The maximum absolute atomic E-state index is 13.1. The third-order valence-electron chi connectivity index (χ3n) is 4.70. The van der Waals surface area contributed by atoms with Crippen LogP contribution in [0.1, 0.15) is 16.1 Å². The molecule has 1 N–H and O–H groups in total. The third-order valence-corrected chi connectivity index (χ3v) is 4.96. The van der Waals surface area contributed by atoms with Crippen LogP contribution in [-0.4, -0.2) is 16.1 Å². The van der Waals surface area contributed by atoms with Gasteiger partial charge < -0.3 is 9.72 Å². The summed E-state index contributed by atoms with van der Waals surface area (Å²) in [7, 11) is 0. The summed E-state index contributed by atoms with van der Waals surface area (Å²) in [5.41, 5.74) is 0.912. The first-order valence-corrected chi connectivity index (χ1v) is 9.51. The first-order valence-electron chi connectivity index (χ1n) is 9.13. The molecule has 0 atom stereocenters. The van der Waals surface area contributed by atoms with Gasteiger partial charge >= 0.3 is 6.18 Å². The van der Waals surface area contributed by atoms with E-state index >= 15 is 0 Å². The molecule has 0 radical (unpaired) electrons. The topological polar surface area (TPSA) is 50.6 Å². The van der Waals surface area contributed by atoms with Gasteiger partial charge in [0, 0.05) is 28.0 Å². The summed E-state index contributed by atoms with van der Waals surface area (Å²) in [6.07, 6.45) is -2.93. The fraction of sp³-hybridized carbons (Fsp3) is 0.0435. The largest absolute Gasteiger partial charge is 0.416 e. The average molecular weight is 443 g/mol. The van der Waals surface area contributed by atoms with Crippen molar-refractivity contribution < 1.29 is 22.8 Å². The first-order chi connectivity index (χ1) is 14.7. The Balaban J connectivity index is 1.73. The number of carbonyl (C=O) groups excluding carboxylic acids is 2. The number of pyridine rings is 1. The zero-order chi connectivity index (χ0) is 22.2. The van der Waals surface area contributed by atoms with Crippen molar-refractivity contribution in [2.24, 2.45) is 0 Å². The Morgan fingerprint density at radius 3 is 2.35 bits per heavy atom. The van der Waals surface area contributed by atoms with Crippen molar-refractivity contribution in [3.05, 3.63) is 95.3 Å². The number of nitrogens with zero attached hydrogens (tertiary/aromatic N) is 1. The molecule has 0 saturated heterocycles. The van der Waals surface area contributed by atoms with E-state index in [1.54, 1.807) is 59.1 Å². The number of amides is 1. The molecule has 0 spiro atoms. The Morgan fingerprint density at radius 1 is 0.903 bits per heavy atom. The van der Waals surface area contributed by atoms with Crippen LogP contribution in [0.5, 0.6) is 0 Å². The monoisotopic (exact) mass is 442 g/mol. The summed E-state index contributed by atoms with van der Waals surface area (Å²) in [6.45, 7) is 0. The molecule has 4 aromatic rings. The Hall–Kier alpha value is -3.58. The number of fused-ring (bicyclic) bond motifs is 1. The SMILES string of the molecule is O=C(Nc1cccc(C(F)(F)F)c1)C(=O)c1c(-c2ccc(Cl)cc2)cc2ccccn12. The van der Waals surface area contributed by atoms with Crippen LogP contribution >= 0.6 is 11.6 Å². The van der Waals surface area contributed by atoms with Gasteiger partial charge in [-0.25, -0.2) is 0 Å². The molecule has 0 unspecified atom stereocenters. The molecule has 2 aromatic heterocycles. The lowest BCUT2D eigenvalue weighted by atomic mass is 10.0. The fourth-order valence-electron chi connectivity index (χ4n) is 3.27. The fourth-order valence-corrected chi connectivity index (χ4v) is 3.40. The van der Waals surface area contributed by atoms with Crippen molar-refractivity contribution in [2.75, 3.05) is 5.32 Å². The molecule has 4 rings (SSSR count). The highest BCUT2D eigenvalue weighted by molar-refractivity contribution is 6.47. The molecule has 4 nitrogen and oxygen atoms in total. The van der Waals surface area contributed by atoms with Crippen molar-refractivity contribution in [3.63, 3.8) is 0 Å². The molecule has 8 heteroatoms. The second kappa shape index (κ2) is 7.92. The van der Waals surface area contributed by atoms with E-state index in [9.17, 15) is 22.8 Å². The van der Waals surface area contributed by atoms with E-state index in [-0.39, 0.29) is 11.4 Å². The molecular formula is C23H14ClF3N2O2. The lowest BCUT2D eigenvalue weighted by Crippen LogP contribution is -2.24. The van der Waals surface area contributed by atoms with Gasteiger partial charge in [0.15, 0.2) is 0 Å². The Kier molecular flexibility index (Phi) is 5.29. The zero-order valence-electron chi connectivity index (χ0n) is 15.8. The van der Waals surface area contributed by atoms with Gasteiger partial charge in [-0.1, -0.05) is 35.9 Å². The van der Waals surface area contributed by atoms with Gasteiger partial charge in [-0.2, -0.15) is 13.2 Å². The molecule has 0 bridgehead atoms. The van der Waals surface area contributed by atoms with Crippen LogP contribution in [0.25, 0.3) is 16.6 Å². The standard InChI is InChI=1S/C23H14ClF3N2O2/c24-16-9-7-14(8-10-16)19-13-18-6-1-2-11-29(18)20(19)21(30)22(31)28-17-5-3-4-15(12-17)23(25,26)27/h1-13H,(H,28,31). The lowest BCUT2D eigenvalue weighted by Gasteiger charge is -2.10. The molecule has 0 aliphatic rings. The normalized spacial score (nSPS) is 11.5. The maximum Gasteiger partial charge on any atom is 0.416 e. The molecule has 1 amide bonds. The number of nitrogens with one attached hydrogen (secondary N) is 1. The van der Waals surface area contributed by atoms with Crippen LogP contribution < -0.4 is 5.32 Å². The molecule has 2 aromatic carbocycles. The predicted octanol–water partition coefficient (Wildman–Crippen LogP) is 6.10. The molecule has 31 heavy (non-hydrogen) atoms. The third kappa shape index (κ3) is 4.18. The second-order valence-electron chi connectivity index (χ2n) is 6.77. The summed E-state index contributed by atoms with van der Waals surface area (Å²) >= 11 is 5.95. The molecule has 2 heterocycles. The summed E-state index contributed by atoms with van der Waals surface area (Å²) in [6, 6.07) is 17.9. The number of rotatable bonds is 4. The number of hydrogen-bond donors (Lipinski definition) is 1. The van der Waals surface area contributed by atoms with Gasteiger partial charge in [-0.15, -0.1) is 0 Å². The van der Waals surface area contributed by atoms with Crippen LogP contribution in [-0.2, 0) is 11.0 Å². The molecule has 0 fully saturated rings. The van der Waals surface area contributed by atoms with Gasteiger partial charge in [0.1, 0.15) is 5.69 Å². The summed E-state index contributed by atoms with van der Waals surface area (Å²) in [4.78, 5) is 25.8. The van der Waals surface area contributed by atoms with Crippen molar-refractivity contribution in [3.8, 4) is 11.1 Å². The molecule has 0 saturated carbocycles. The van der Waals surface area contributed by atoms with Crippen LogP contribution in [0.2, 0.25) is 5.02 Å². The summed E-state index contributed by atoms with van der Waals surface area (Å²) in [5, 5.41) is 2.79. The Morgan fingerprint density at radius 2 is 1.65 bits per heavy atom. The lowest BCUT2D eigenvalue weighted by molar-refractivity contribution is -0.137. The molecular weight excluding hydrogens is 429 g/mol. The van der Waals surface area contributed by atoms with Crippen LogP contribution in [0.15, 0.2) is 79.0 Å². The van der Waals surface area contributed by atoms with Crippen molar-refractivity contribution in [2.45, 2.75) is 6.18 Å². The molecule has 156 valence electrons. The highest BCUT2D eigenvalue weighted by Crippen LogP contribution is 2.32. The maximum atomic E-state index is 13.1. The minimum absolute atomic E-state index is 0.0994. The average Bonchev–Trinajstić information content (AvgIpc) is 3.12. The number of halogens is 4. The van der Waals surface area contributed by atoms with Gasteiger partial charge in [-0.05, 0) is 54.1 Å². The van der Waals surface area contributed by atoms with Crippen molar-refractivity contribution in [1.82, 2.24) is 4.40 Å². The van der Waals surface area contributed by atoms with E-state index in [1.807, 2.05) is 0 Å². The number of alkyl halides is 3. The van der Waals surface area contributed by atoms with E-state index in [0.717, 1.165) is 18.2 Å². The summed E-state index contributed by atoms with van der Waals surface area (Å²) < 4.78 is 40.4. The smallest absolute Gasteiger partial charge is 0.319 e. The van der Waals surface area contributed by atoms with Gasteiger partial charge in [0.2, 0.25) is 0 Å². The van der Waals surface area contributed by atoms with E-state index in [0.29, 0.717) is 21.7 Å². The summed E-state index contributed by atoms with van der Waals surface area (Å²) in [5.74, 6) is -1.92. The van der Waals surface area contributed by atoms with E-state index in [4.69, 9.17) is 11.6 Å². The molecule has 0 aliphatic heterocycles. The van der Waals surface area contributed by atoms with E-state index in [1.165, 1.54) is 6.07 Å². The van der Waals surface area contributed by atoms with Crippen LogP contribution in [0, 0.1) is 0 Å². The minimum Gasteiger partial charge on any atom is -0.319 e. The van der Waals surface area contributed by atoms with E-state index < -0.39 is 23.4 Å². The number of Topliss-reactive ketones (excluding diaryl/α,β-unsaturated/α-hetero) is 1. The molecule has 0 aliphatic carbocycles. The van der Waals surface area contributed by atoms with E-state index in [2.05, 4.69) is 5.32 Å². The Bertz CT molecular complexity index is 1290. The number of anilines is 1. The number of benzene rings is 2. The number of hydrogen-bond acceptors (Lipinski definition) is 2.